The molecule has 2 aromatic heterocycles. The van der Waals surface area contributed by atoms with Crippen LogP contribution in [0, 0.1) is 13.8 Å². The van der Waals surface area contributed by atoms with E-state index in [4.69, 9.17) is 0 Å². The minimum Gasteiger partial charge on any atom is -0.393 e. The van der Waals surface area contributed by atoms with Crippen LogP contribution >= 0.6 is 0 Å². The Bertz CT molecular complexity index is 787. The van der Waals surface area contributed by atoms with E-state index in [1.54, 1.807) is 0 Å². The predicted molar refractivity (Wildman–Crippen MR) is 87.6 cm³/mol. The zero-order valence-corrected chi connectivity index (χ0v) is 12.9. The van der Waals surface area contributed by atoms with Crippen LogP contribution in [-0.2, 0) is 6.54 Å². The lowest BCUT2D eigenvalue weighted by Gasteiger charge is -2.10. The second kappa shape index (κ2) is 5.49. The van der Waals surface area contributed by atoms with E-state index in [-0.39, 0.29) is 6.10 Å². The van der Waals surface area contributed by atoms with Gasteiger partial charge in [0.05, 0.1) is 17.3 Å². The number of aromatic nitrogens is 2. The van der Waals surface area contributed by atoms with Crippen molar-refractivity contribution in [2.24, 2.45) is 0 Å². The van der Waals surface area contributed by atoms with Crippen LogP contribution in [0.4, 0.5) is 0 Å². The van der Waals surface area contributed by atoms with Gasteiger partial charge in [0.25, 0.3) is 0 Å². The molecule has 0 aliphatic carbocycles. The van der Waals surface area contributed by atoms with Crippen molar-refractivity contribution in [1.82, 2.24) is 9.55 Å². The van der Waals surface area contributed by atoms with E-state index < -0.39 is 0 Å². The minimum atomic E-state index is -0.237. The smallest absolute Gasteiger partial charge is 0.0707 e. The molecule has 0 aliphatic heterocycles. The third-order valence-electron chi connectivity index (χ3n) is 4.11. The van der Waals surface area contributed by atoms with E-state index in [1.165, 1.54) is 27.4 Å². The van der Waals surface area contributed by atoms with E-state index in [0.717, 1.165) is 25.1 Å². The summed E-state index contributed by atoms with van der Waals surface area (Å²) in [5.74, 6) is 0. The van der Waals surface area contributed by atoms with Crippen molar-refractivity contribution >= 4 is 21.8 Å². The zero-order valence-electron chi connectivity index (χ0n) is 12.9. The molecule has 0 fully saturated rings. The molecular weight excluding hydrogens is 260 g/mol. The summed E-state index contributed by atoms with van der Waals surface area (Å²) >= 11 is 0. The van der Waals surface area contributed by atoms with E-state index in [0.29, 0.717) is 0 Å². The first-order valence-electron chi connectivity index (χ1n) is 7.60. The summed E-state index contributed by atoms with van der Waals surface area (Å²) < 4.78 is 2.36. The Morgan fingerprint density at radius 2 is 2.00 bits per heavy atom. The summed E-state index contributed by atoms with van der Waals surface area (Å²) in [5, 5.41) is 12.0. The maximum absolute atomic E-state index is 9.48. The van der Waals surface area contributed by atoms with Gasteiger partial charge in [-0.2, -0.15) is 0 Å². The highest BCUT2D eigenvalue weighted by molar-refractivity contribution is 6.08. The fourth-order valence-electron chi connectivity index (χ4n) is 3.11. The molecule has 0 saturated heterocycles. The monoisotopic (exact) mass is 282 g/mol. The Morgan fingerprint density at radius 3 is 2.76 bits per heavy atom. The molecule has 0 saturated carbocycles. The molecule has 0 amide bonds. The van der Waals surface area contributed by atoms with E-state index in [9.17, 15) is 5.11 Å². The maximum atomic E-state index is 9.48. The largest absolute Gasteiger partial charge is 0.393 e. The number of nitrogens with zero attached hydrogens (tertiary/aromatic N) is 2. The molecule has 1 unspecified atom stereocenters. The van der Waals surface area contributed by atoms with Gasteiger partial charge in [-0.15, -0.1) is 0 Å². The molecule has 1 aromatic carbocycles. The molecule has 3 aromatic rings. The molecule has 0 spiro atoms. The van der Waals surface area contributed by atoms with E-state index in [2.05, 4.69) is 47.7 Å². The summed E-state index contributed by atoms with van der Waals surface area (Å²) in [6.07, 6.45) is 3.45. The van der Waals surface area contributed by atoms with Crippen molar-refractivity contribution in [3.8, 4) is 0 Å². The normalized spacial score (nSPS) is 13.1. The summed E-state index contributed by atoms with van der Waals surface area (Å²) in [4.78, 5) is 4.46. The molecule has 3 heteroatoms. The fraction of sp³-hybridized carbons (Fsp3) is 0.389. The Labute approximate surface area is 125 Å². The second-order valence-corrected chi connectivity index (χ2v) is 5.96. The molecule has 3 rings (SSSR count). The number of hydrogen-bond acceptors (Lipinski definition) is 2. The fourth-order valence-corrected chi connectivity index (χ4v) is 3.11. The molecule has 2 heterocycles. The van der Waals surface area contributed by atoms with Crippen molar-refractivity contribution in [3.05, 3.63) is 41.7 Å². The van der Waals surface area contributed by atoms with Crippen LogP contribution in [0.15, 0.2) is 30.5 Å². The number of aliphatic hydroxyl groups excluding tert-OH is 1. The Hall–Kier alpha value is -1.87. The summed E-state index contributed by atoms with van der Waals surface area (Å²) in [5.41, 5.74) is 4.83. The lowest BCUT2D eigenvalue weighted by Crippen LogP contribution is -2.04. The van der Waals surface area contributed by atoms with Crippen LogP contribution in [0.5, 0.6) is 0 Å². The van der Waals surface area contributed by atoms with E-state index in [1.807, 2.05) is 13.1 Å². The zero-order chi connectivity index (χ0) is 15.0. The van der Waals surface area contributed by atoms with Gasteiger partial charge in [0, 0.05) is 29.0 Å². The molecule has 0 radical (unpaired) electrons. The average molecular weight is 282 g/mol. The van der Waals surface area contributed by atoms with Gasteiger partial charge < -0.3 is 9.67 Å². The molecule has 1 atom stereocenters. The number of aliphatic hydroxyl groups is 1. The van der Waals surface area contributed by atoms with Gasteiger partial charge >= 0.3 is 0 Å². The van der Waals surface area contributed by atoms with Crippen molar-refractivity contribution in [2.75, 3.05) is 0 Å². The summed E-state index contributed by atoms with van der Waals surface area (Å²) in [6.45, 7) is 6.96. The van der Waals surface area contributed by atoms with Crippen molar-refractivity contribution in [2.45, 2.75) is 46.3 Å². The first-order valence-corrected chi connectivity index (χ1v) is 7.60. The van der Waals surface area contributed by atoms with Gasteiger partial charge in [-0.3, -0.25) is 4.98 Å². The number of pyridine rings is 1. The lowest BCUT2D eigenvalue weighted by atomic mass is 10.1. The van der Waals surface area contributed by atoms with Gasteiger partial charge in [0.1, 0.15) is 0 Å². The van der Waals surface area contributed by atoms with Crippen molar-refractivity contribution in [1.29, 1.82) is 0 Å². The predicted octanol–water partition coefficient (Wildman–Crippen LogP) is 3.97. The number of benzene rings is 1. The van der Waals surface area contributed by atoms with Crippen LogP contribution < -0.4 is 0 Å². The Kier molecular flexibility index (Phi) is 3.68. The summed E-state index contributed by atoms with van der Waals surface area (Å²) in [6, 6.07) is 8.72. The van der Waals surface area contributed by atoms with Crippen LogP contribution in [0.3, 0.4) is 0 Å². The van der Waals surface area contributed by atoms with Crippen molar-refractivity contribution < 1.29 is 5.11 Å². The van der Waals surface area contributed by atoms with Gasteiger partial charge in [-0.25, -0.2) is 0 Å². The molecule has 0 aliphatic rings. The second-order valence-electron chi connectivity index (χ2n) is 5.96. The SMILES string of the molecule is Cc1ccc2c3ccnc(C)c3n(CCCC(C)O)c2c1. The first-order chi connectivity index (χ1) is 10.1. The third kappa shape index (κ3) is 2.54. The molecular formula is C18H22N2O. The third-order valence-corrected chi connectivity index (χ3v) is 4.11. The summed E-state index contributed by atoms with van der Waals surface area (Å²) in [7, 11) is 0. The molecule has 21 heavy (non-hydrogen) atoms. The molecule has 1 N–H and O–H groups in total. The van der Waals surface area contributed by atoms with Crippen LogP contribution in [0.25, 0.3) is 21.8 Å². The molecule has 0 bridgehead atoms. The van der Waals surface area contributed by atoms with Crippen LogP contribution in [0.1, 0.15) is 31.0 Å². The number of fused-ring (bicyclic) bond motifs is 3. The van der Waals surface area contributed by atoms with Crippen LogP contribution in [-0.4, -0.2) is 20.8 Å². The number of aryl methyl sites for hydroxylation is 3. The van der Waals surface area contributed by atoms with Crippen molar-refractivity contribution in [3.63, 3.8) is 0 Å². The molecule has 110 valence electrons. The van der Waals surface area contributed by atoms with Gasteiger partial charge in [0.15, 0.2) is 0 Å². The first kappa shape index (κ1) is 14.1. The highest BCUT2D eigenvalue weighted by Gasteiger charge is 2.13. The van der Waals surface area contributed by atoms with Crippen LogP contribution in [0.2, 0.25) is 0 Å². The van der Waals surface area contributed by atoms with Gasteiger partial charge in [-0.1, -0.05) is 12.1 Å². The standard InChI is InChI=1S/C18H22N2O/c1-12-6-7-15-16-8-9-19-14(3)18(16)20(17(15)11-12)10-4-5-13(2)21/h6-9,11,13,21H,4-5,10H2,1-3H3. The maximum Gasteiger partial charge on any atom is 0.0707 e. The average Bonchev–Trinajstić information content (AvgIpc) is 2.74. The number of hydrogen-bond donors (Lipinski definition) is 1. The van der Waals surface area contributed by atoms with Gasteiger partial charge in [-0.05, 0) is 51.3 Å². The minimum absolute atomic E-state index is 0.237. The quantitative estimate of drug-likeness (QED) is 0.786. The highest BCUT2D eigenvalue weighted by atomic mass is 16.3. The van der Waals surface area contributed by atoms with Gasteiger partial charge in [0.2, 0.25) is 0 Å². The number of rotatable bonds is 4. The Balaban J connectivity index is 2.19. The Morgan fingerprint density at radius 1 is 1.19 bits per heavy atom. The van der Waals surface area contributed by atoms with E-state index >= 15 is 0 Å². The highest BCUT2D eigenvalue weighted by Crippen LogP contribution is 2.31. The molecule has 3 nitrogen and oxygen atoms in total. The topological polar surface area (TPSA) is 38.0 Å². The lowest BCUT2D eigenvalue weighted by molar-refractivity contribution is 0.180.